The maximum atomic E-state index is 5.50. The highest BCUT2D eigenvalue weighted by Crippen LogP contribution is 2.18. The summed E-state index contributed by atoms with van der Waals surface area (Å²) in [6, 6.07) is 1.84. The number of aryl methyl sites for hydroxylation is 1. The van der Waals surface area contributed by atoms with E-state index in [9.17, 15) is 0 Å². The molecule has 0 spiro atoms. The third kappa shape index (κ3) is 2.40. The summed E-state index contributed by atoms with van der Waals surface area (Å²) in [7, 11) is 1.78. The molecule has 0 unspecified atom stereocenters. The summed E-state index contributed by atoms with van der Waals surface area (Å²) in [6.07, 6.45) is 6.55. The standard InChI is InChI=1S/C10H11N9O/c1-18-6-7(5-13-18)20-10-15-8(17-11)14-9(16-10)19-4-2-3-12-19/h2-6H,11H2,1H3,(H,14,15,16,17). The molecule has 0 amide bonds. The second kappa shape index (κ2) is 4.93. The van der Waals surface area contributed by atoms with Crippen molar-refractivity contribution in [1.82, 2.24) is 34.5 Å². The van der Waals surface area contributed by atoms with Crippen LogP contribution in [0.4, 0.5) is 5.95 Å². The largest absolute Gasteiger partial charge is 0.421 e. The first-order valence-corrected chi connectivity index (χ1v) is 5.64. The van der Waals surface area contributed by atoms with E-state index < -0.39 is 0 Å². The van der Waals surface area contributed by atoms with Crippen molar-refractivity contribution < 1.29 is 4.74 Å². The van der Waals surface area contributed by atoms with E-state index in [0.717, 1.165) is 0 Å². The average molecular weight is 273 g/mol. The van der Waals surface area contributed by atoms with Gasteiger partial charge in [0.25, 0.3) is 5.95 Å². The minimum Gasteiger partial charge on any atom is -0.421 e. The van der Waals surface area contributed by atoms with Crippen LogP contribution in [0.3, 0.4) is 0 Å². The van der Waals surface area contributed by atoms with Gasteiger partial charge in [0.05, 0.1) is 12.4 Å². The van der Waals surface area contributed by atoms with Gasteiger partial charge in [0.15, 0.2) is 5.75 Å². The summed E-state index contributed by atoms with van der Waals surface area (Å²) in [5, 5.41) is 8.03. The van der Waals surface area contributed by atoms with Crippen LogP contribution in [0.1, 0.15) is 0 Å². The summed E-state index contributed by atoms with van der Waals surface area (Å²) < 4.78 is 8.57. The minimum absolute atomic E-state index is 0.0893. The van der Waals surface area contributed by atoms with Gasteiger partial charge in [0.2, 0.25) is 5.95 Å². The number of aromatic nitrogens is 7. The fourth-order valence-corrected chi connectivity index (χ4v) is 1.50. The second-order valence-corrected chi connectivity index (χ2v) is 3.79. The van der Waals surface area contributed by atoms with Crippen LogP contribution in [0.2, 0.25) is 0 Å². The van der Waals surface area contributed by atoms with Crippen molar-refractivity contribution in [2.45, 2.75) is 0 Å². The number of nitrogens with one attached hydrogen (secondary N) is 1. The van der Waals surface area contributed by atoms with Crippen LogP contribution in [0.5, 0.6) is 11.8 Å². The number of hydrogen-bond acceptors (Lipinski definition) is 8. The van der Waals surface area contributed by atoms with Crippen LogP contribution in [-0.4, -0.2) is 34.5 Å². The molecule has 3 heterocycles. The highest BCUT2D eigenvalue weighted by Gasteiger charge is 2.10. The van der Waals surface area contributed by atoms with Gasteiger partial charge in [0, 0.05) is 19.4 Å². The van der Waals surface area contributed by atoms with E-state index in [-0.39, 0.29) is 17.9 Å². The van der Waals surface area contributed by atoms with Crippen LogP contribution in [0.15, 0.2) is 30.9 Å². The summed E-state index contributed by atoms with van der Waals surface area (Å²) in [5.41, 5.74) is 2.36. The number of nitrogens with two attached hydrogens (primary N) is 1. The second-order valence-electron chi connectivity index (χ2n) is 3.79. The Bertz CT molecular complexity index is 705. The maximum absolute atomic E-state index is 5.50. The smallest absolute Gasteiger partial charge is 0.328 e. The molecule has 0 aliphatic rings. The normalized spacial score (nSPS) is 10.5. The van der Waals surface area contributed by atoms with Gasteiger partial charge in [-0.3, -0.25) is 10.1 Å². The first-order chi connectivity index (χ1) is 9.74. The Balaban J connectivity index is 1.96. The summed E-state index contributed by atoms with van der Waals surface area (Å²) >= 11 is 0. The first kappa shape index (κ1) is 12.0. The molecule has 20 heavy (non-hydrogen) atoms. The monoisotopic (exact) mass is 273 g/mol. The topological polar surface area (TPSA) is 122 Å². The van der Waals surface area contributed by atoms with Crippen molar-refractivity contribution >= 4 is 5.95 Å². The quantitative estimate of drug-likeness (QED) is 0.498. The summed E-state index contributed by atoms with van der Waals surface area (Å²) in [6.45, 7) is 0. The third-order valence-electron chi connectivity index (χ3n) is 2.33. The first-order valence-electron chi connectivity index (χ1n) is 5.64. The molecule has 0 aliphatic carbocycles. The number of nitrogen functional groups attached to an aromatic ring is 1. The van der Waals surface area contributed by atoms with E-state index >= 15 is 0 Å². The Morgan fingerprint density at radius 2 is 2.15 bits per heavy atom. The molecule has 0 fully saturated rings. The van der Waals surface area contributed by atoms with E-state index in [4.69, 9.17) is 10.6 Å². The van der Waals surface area contributed by atoms with E-state index in [2.05, 4.69) is 30.6 Å². The molecule has 0 bridgehead atoms. The molecular weight excluding hydrogens is 262 g/mol. The Hall–Kier alpha value is -3.01. The lowest BCUT2D eigenvalue weighted by Gasteiger charge is -2.06. The Morgan fingerprint density at radius 1 is 1.25 bits per heavy atom. The lowest BCUT2D eigenvalue weighted by atomic mass is 10.6. The van der Waals surface area contributed by atoms with Crippen LogP contribution >= 0.6 is 0 Å². The Morgan fingerprint density at radius 3 is 2.80 bits per heavy atom. The predicted octanol–water partition coefficient (Wildman–Crippen LogP) is -0.131. The van der Waals surface area contributed by atoms with Gasteiger partial charge in [-0.2, -0.15) is 25.1 Å². The van der Waals surface area contributed by atoms with Crippen molar-refractivity contribution in [2.75, 3.05) is 5.43 Å². The minimum atomic E-state index is 0.0893. The van der Waals surface area contributed by atoms with Crippen LogP contribution in [0, 0.1) is 0 Å². The van der Waals surface area contributed by atoms with E-state index in [0.29, 0.717) is 5.75 Å². The van der Waals surface area contributed by atoms with Crippen molar-refractivity contribution in [3.8, 4) is 17.7 Å². The molecule has 0 radical (unpaired) electrons. The van der Waals surface area contributed by atoms with Crippen molar-refractivity contribution in [2.24, 2.45) is 12.9 Å². The number of hydrazine groups is 1. The fraction of sp³-hybridized carbons (Fsp3) is 0.100. The zero-order chi connectivity index (χ0) is 13.9. The molecule has 3 N–H and O–H groups in total. The van der Waals surface area contributed by atoms with E-state index in [1.807, 2.05) is 0 Å². The summed E-state index contributed by atoms with van der Waals surface area (Å²) in [5.74, 6) is 6.30. The molecule has 3 aromatic heterocycles. The van der Waals surface area contributed by atoms with E-state index in [1.54, 1.807) is 42.6 Å². The Labute approximate surface area is 113 Å². The molecule has 0 saturated heterocycles. The molecular formula is C10H11N9O. The van der Waals surface area contributed by atoms with Gasteiger partial charge in [-0.25, -0.2) is 10.5 Å². The highest BCUT2D eigenvalue weighted by atomic mass is 16.5. The molecule has 0 atom stereocenters. The molecule has 10 heteroatoms. The number of ether oxygens (including phenoxy) is 1. The van der Waals surface area contributed by atoms with Crippen molar-refractivity contribution in [3.05, 3.63) is 30.9 Å². The predicted molar refractivity (Wildman–Crippen MR) is 68.0 cm³/mol. The highest BCUT2D eigenvalue weighted by molar-refractivity contribution is 5.30. The summed E-state index contributed by atoms with van der Waals surface area (Å²) in [4.78, 5) is 12.2. The number of nitrogens with zero attached hydrogens (tertiary/aromatic N) is 7. The van der Waals surface area contributed by atoms with Crippen molar-refractivity contribution in [3.63, 3.8) is 0 Å². The lowest BCUT2D eigenvalue weighted by Crippen LogP contribution is -2.14. The van der Waals surface area contributed by atoms with Gasteiger partial charge >= 0.3 is 6.01 Å². The molecule has 3 aromatic rings. The van der Waals surface area contributed by atoms with Crippen molar-refractivity contribution in [1.29, 1.82) is 0 Å². The van der Waals surface area contributed by atoms with Gasteiger partial charge in [0.1, 0.15) is 0 Å². The average Bonchev–Trinajstić information content (AvgIpc) is 3.10. The van der Waals surface area contributed by atoms with Crippen LogP contribution < -0.4 is 16.0 Å². The zero-order valence-corrected chi connectivity index (χ0v) is 10.5. The Kier molecular flexibility index (Phi) is 2.97. The molecule has 3 rings (SSSR count). The number of anilines is 1. The molecule has 10 nitrogen and oxygen atoms in total. The molecule has 0 aliphatic heterocycles. The maximum Gasteiger partial charge on any atom is 0.328 e. The zero-order valence-electron chi connectivity index (χ0n) is 10.5. The van der Waals surface area contributed by atoms with Crippen LogP contribution in [-0.2, 0) is 7.05 Å². The van der Waals surface area contributed by atoms with Gasteiger partial charge in [-0.05, 0) is 6.07 Å². The lowest BCUT2D eigenvalue weighted by molar-refractivity contribution is 0.437. The van der Waals surface area contributed by atoms with E-state index in [1.165, 1.54) is 4.68 Å². The number of rotatable bonds is 4. The molecule has 102 valence electrons. The number of hydrogen-bond donors (Lipinski definition) is 2. The third-order valence-corrected chi connectivity index (χ3v) is 2.33. The van der Waals surface area contributed by atoms with Gasteiger partial charge in [-0.1, -0.05) is 0 Å². The SMILES string of the molecule is Cn1cc(Oc2nc(NN)nc(-n3cccn3)n2)cn1. The molecule has 0 saturated carbocycles. The van der Waals surface area contributed by atoms with Crippen LogP contribution in [0.25, 0.3) is 5.95 Å². The molecule has 0 aromatic carbocycles. The van der Waals surface area contributed by atoms with Gasteiger partial charge < -0.3 is 4.74 Å². The van der Waals surface area contributed by atoms with Gasteiger partial charge in [-0.15, -0.1) is 0 Å². The fourth-order valence-electron chi connectivity index (χ4n) is 1.50.